The highest BCUT2D eigenvalue weighted by atomic mass is 16.2. The van der Waals surface area contributed by atoms with Gasteiger partial charge in [-0.3, -0.25) is 0 Å². The second-order valence-corrected chi connectivity index (χ2v) is 4.51. The van der Waals surface area contributed by atoms with Gasteiger partial charge >= 0.3 is 6.03 Å². The maximum absolute atomic E-state index is 11.9. The Bertz CT molecular complexity index is 212. The molecule has 2 amide bonds. The fourth-order valence-electron chi connectivity index (χ4n) is 2.00. The first-order valence-electron chi connectivity index (χ1n) is 6.42. The van der Waals surface area contributed by atoms with Gasteiger partial charge in [-0.15, -0.1) is 0 Å². The van der Waals surface area contributed by atoms with E-state index in [2.05, 4.69) is 12.2 Å². The molecule has 0 saturated carbocycles. The summed E-state index contributed by atoms with van der Waals surface area (Å²) in [5.74, 6) is 0. The number of hydrogen-bond acceptors (Lipinski definition) is 2. The number of likely N-dealkylation sites (tertiary alicyclic amines) is 1. The van der Waals surface area contributed by atoms with Crippen LogP contribution in [0.3, 0.4) is 0 Å². The third kappa shape index (κ3) is 3.67. The van der Waals surface area contributed by atoms with Gasteiger partial charge in [0.15, 0.2) is 0 Å². The summed E-state index contributed by atoms with van der Waals surface area (Å²) in [5, 5.41) is 3.52. The number of nitrogens with one attached hydrogen (secondary N) is 1. The Labute approximate surface area is 99.0 Å². The SMILES string of the molecule is CCCNC1CCN(C(=O)N(C)CC)CC1. The van der Waals surface area contributed by atoms with Crippen LogP contribution >= 0.6 is 0 Å². The van der Waals surface area contributed by atoms with E-state index in [-0.39, 0.29) is 6.03 Å². The Morgan fingerprint density at radius 2 is 2.00 bits per heavy atom. The third-order valence-corrected chi connectivity index (χ3v) is 3.25. The molecular weight excluding hydrogens is 202 g/mol. The van der Waals surface area contributed by atoms with E-state index in [0.717, 1.165) is 39.0 Å². The second-order valence-electron chi connectivity index (χ2n) is 4.51. The van der Waals surface area contributed by atoms with Gasteiger partial charge in [0.2, 0.25) is 0 Å². The number of amides is 2. The van der Waals surface area contributed by atoms with E-state index in [0.29, 0.717) is 6.04 Å². The van der Waals surface area contributed by atoms with E-state index in [9.17, 15) is 4.79 Å². The average molecular weight is 227 g/mol. The van der Waals surface area contributed by atoms with Crippen molar-refractivity contribution in [1.29, 1.82) is 0 Å². The predicted octanol–water partition coefficient (Wildman–Crippen LogP) is 1.52. The summed E-state index contributed by atoms with van der Waals surface area (Å²) >= 11 is 0. The van der Waals surface area contributed by atoms with E-state index in [4.69, 9.17) is 0 Å². The lowest BCUT2D eigenvalue weighted by molar-refractivity contribution is 0.147. The summed E-state index contributed by atoms with van der Waals surface area (Å²) in [4.78, 5) is 15.6. The molecule has 0 spiro atoms. The summed E-state index contributed by atoms with van der Waals surface area (Å²) < 4.78 is 0. The molecule has 1 fully saturated rings. The number of piperidine rings is 1. The van der Waals surface area contributed by atoms with Crippen molar-refractivity contribution in [1.82, 2.24) is 15.1 Å². The standard InChI is InChI=1S/C12H25N3O/c1-4-8-13-11-6-9-15(10-7-11)12(16)14(3)5-2/h11,13H,4-10H2,1-3H3. The van der Waals surface area contributed by atoms with E-state index in [1.807, 2.05) is 18.9 Å². The normalized spacial score (nSPS) is 17.6. The Morgan fingerprint density at radius 3 is 2.50 bits per heavy atom. The minimum atomic E-state index is 0.177. The largest absolute Gasteiger partial charge is 0.328 e. The van der Waals surface area contributed by atoms with Gasteiger partial charge in [-0.1, -0.05) is 6.92 Å². The van der Waals surface area contributed by atoms with Crippen LogP contribution in [0.15, 0.2) is 0 Å². The number of hydrogen-bond donors (Lipinski definition) is 1. The van der Waals surface area contributed by atoms with Gasteiger partial charge < -0.3 is 15.1 Å². The van der Waals surface area contributed by atoms with E-state index in [1.165, 1.54) is 6.42 Å². The minimum absolute atomic E-state index is 0.177. The van der Waals surface area contributed by atoms with Gasteiger partial charge in [-0.05, 0) is 32.7 Å². The van der Waals surface area contributed by atoms with Crippen molar-refractivity contribution in [3.63, 3.8) is 0 Å². The molecule has 1 N–H and O–H groups in total. The van der Waals surface area contributed by atoms with Crippen LogP contribution < -0.4 is 5.32 Å². The molecule has 1 rings (SSSR count). The molecule has 1 aliphatic heterocycles. The van der Waals surface area contributed by atoms with Crippen molar-refractivity contribution in [2.75, 3.05) is 33.2 Å². The van der Waals surface area contributed by atoms with Crippen LogP contribution in [0.4, 0.5) is 4.79 Å². The van der Waals surface area contributed by atoms with Gasteiger partial charge in [0.1, 0.15) is 0 Å². The molecule has 1 saturated heterocycles. The first-order chi connectivity index (χ1) is 7.69. The molecule has 0 aromatic carbocycles. The Morgan fingerprint density at radius 1 is 1.38 bits per heavy atom. The minimum Gasteiger partial charge on any atom is -0.328 e. The molecule has 0 aliphatic carbocycles. The number of nitrogens with zero attached hydrogens (tertiary/aromatic N) is 2. The van der Waals surface area contributed by atoms with Crippen LogP contribution in [0.2, 0.25) is 0 Å². The first-order valence-corrected chi connectivity index (χ1v) is 6.42. The average Bonchev–Trinajstić information content (AvgIpc) is 2.35. The Balaban J connectivity index is 2.28. The van der Waals surface area contributed by atoms with Crippen molar-refractivity contribution < 1.29 is 4.79 Å². The first kappa shape index (κ1) is 13.3. The molecule has 4 nitrogen and oxygen atoms in total. The molecule has 0 atom stereocenters. The van der Waals surface area contributed by atoms with Crippen molar-refractivity contribution in [3.05, 3.63) is 0 Å². The number of carbonyl (C=O) groups excluding carboxylic acids is 1. The Hall–Kier alpha value is -0.770. The van der Waals surface area contributed by atoms with Crippen molar-refractivity contribution >= 4 is 6.03 Å². The molecule has 4 heteroatoms. The zero-order valence-corrected chi connectivity index (χ0v) is 10.8. The lowest BCUT2D eigenvalue weighted by atomic mass is 10.1. The summed E-state index contributed by atoms with van der Waals surface area (Å²) in [6.45, 7) is 7.85. The fraction of sp³-hybridized carbons (Fsp3) is 0.917. The number of carbonyl (C=O) groups is 1. The van der Waals surface area contributed by atoms with Crippen molar-refractivity contribution in [2.24, 2.45) is 0 Å². The molecule has 0 aromatic heterocycles. The topological polar surface area (TPSA) is 35.6 Å². The fourth-order valence-corrected chi connectivity index (χ4v) is 2.00. The van der Waals surface area contributed by atoms with Gasteiger partial charge in [0.05, 0.1) is 0 Å². The van der Waals surface area contributed by atoms with E-state index in [1.54, 1.807) is 4.90 Å². The van der Waals surface area contributed by atoms with Gasteiger partial charge in [-0.2, -0.15) is 0 Å². The highest BCUT2D eigenvalue weighted by molar-refractivity contribution is 5.74. The maximum Gasteiger partial charge on any atom is 0.319 e. The number of urea groups is 1. The van der Waals surface area contributed by atoms with Gasteiger partial charge in [-0.25, -0.2) is 4.79 Å². The maximum atomic E-state index is 11.9. The van der Waals surface area contributed by atoms with E-state index >= 15 is 0 Å². The quantitative estimate of drug-likeness (QED) is 0.790. The zero-order chi connectivity index (χ0) is 12.0. The van der Waals surface area contributed by atoms with Crippen LogP contribution in [-0.2, 0) is 0 Å². The lowest BCUT2D eigenvalue weighted by Crippen LogP contribution is -2.48. The summed E-state index contributed by atoms with van der Waals surface area (Å²) in [6.07, 6.45) is 3.35. The predicted molar refractivity (Wildman–Crippen MR) is 66.6 cm³/mol. The molecule has 0 unspecified atom stereocenters. The third-order valence-electron chi connectivity index (χ3n) is 3.25. The number of rotatable bonds is 4. The molecule has 0 aromatic rings. The molecule has 16 heavy (non-hydrogen) atoms. The van der Waals surface area contributed by atoms with Crippen LogP contribution in [0, 0.1) is 0 Å². The molecule has 0 bridgehead atoms. The van der Waals surface area contributed by atoms with Crippen LogP contribution in [0.25, 0.3) is 0 Å². The molecular formula is C12H25N3O. The summed E-state index contributed by atoms with van der Waals surface area (Å²) in [5.41, 5.74) is 0. The summed E-state index contributed by atoms with van der Waals surface area (Å²) in [7, 11) is 1.86. The summed E-state index contributed by atoms with van der Waals surface area (Å²) in [6, 6.07) is 0.785. The zero-order valence-electron chi connectivity index (χ0n) is 10.8. The Kier molecular flexibility index (Phi) is 5.60. The molecule has 94 valence electrons. The van der Waals surface area contributed by atoms with Crippen molar-refractivity contribution in [3.8, 4) is 0 Å². The second kappa shape index (κ2) is 6.74. The van der Waals surface area contributed by atoms with Gasteiger partial charge in [0, 0.05) is 32.7 Å². The van der Waals surface area contributed by atoms with Crippen LogP contribution in [0.1, 0.15) is 33.1 Å². The van der Waals surface area contributed by atoms with Crippen LogP contribution in [-0.4, -0.2) is 55.1 Å². The highest BCUT2D eigenvalue weighted by Gasteiger charge is 2.23. The van der Waals surface area contributed by atoms with Gasteiger partial charge in [0.25, 0.3) is 0 Å². The van der Waals surface area contributed by atoms with E-state index < -0.39 is 0 Å². The molecule has 1 heterocycles. The monoisotopic (exact) mass is 227 g/mol. The van der Waals surface area contributed by atoms with Crippen LogP contribution in [0.5, 0.6) is 0 Å². The smallest absolute Gasteiger partial charge is 0.319 e. The molecule has 1 aliphatic rings. The highest BCUT2D eigenvalue weighted by Crippen LogP contribution is 2.11. The van der Waals surface area contributed by atoms with Crippen molar-refractivity contribution in [2.45, 2.75) is 39.2 Å². The molecule has 0 radical (unpaired) electrons. The lowest BCUT2D eigenvalue weighted by Gasteiger charge is -2.34.